The lowest BCUT2D eigenvalue weighted by Gasteiger charge is -2.14. The fourth-order valence-electron chi connectivity index (χ4n) is 3.60. The number of fused-ring (bicyclic) bond motifs is 3. The number of nitrogens with one attached hydrogen (secondary N) is 1. The summed E-state index contributed by atoms with van der Waals surface area (Å²) in [7, 11) is 0. The quantitative estimate of drug-likeness (QED) is 0.315. The van der Waals surface area contributed by atoms with Gasteiger partial charge in [0.1, 0.15) is 11.3 Å². The summed E-state index contributed by atoms with van der Waals surface area (Å²) in [6.45, 7) is 4.72. The average molecular weight is 490 g/mol. The number of hydrogen-bond acceptors (Lipinski definition) is 6. The van der Waals surface area contributed by atoms with Gasteiger partial charge in [-0.1, -0.05) is 43.8 Å². The minimum absolute atomic E-state index is 0.310. The van der Waals surface area contributed by atoms with Crippen molar-refractivity contribution < 1.29 is 22.7 Å². The van der Waals surface area contributed by atoms with E-state index < -0.39 is 11.6 Å². The Labute approximate surface area is 197 Å². The van der Waals surface area contributed by atoms with Crippen LogP contribution in [-0.2, 0) is 11.3 Å². The molecular weight excluding hydrogens is 467 g/mol. The molecule has 4 rings (SSSR count). The van der Waals surface area contributed by atoms with Gasteiger partial charge in [-0.3, -0.25) is 4.79 Å². The van der Waals surface area contributed by atoms with E-state index in [-0.39, 0.29) is 11.7 Å². The molecular formula is C23H22F3N5O2S. The SMILES string of the molecule is CCCn1c2ccccc2c2nnc(S[C@@H](CC)C(=O)Nc3ccc(OC(F)(F)F)cc3)nc21. The summed E-state index contributed by atoms with van der Waals surface area (Å²) in [5.74, 6) is -0.669. The molecule has 4 aromatic rings. The van der Waals surface area contributed by atoms with Crippen LogP contribution in [0.2, 0.25) is 0 Å². The molecule has 0 spiro atoms. The van der Waals surface area contributed by atoms with Crippen LogP contribution in [0.5, 0.6) is 5.75 Å². The first-order valence-corrected chi connectivity index (χ1v) is 11.6. The van der Waals surface area contributed by atoms with Crippen molar-refractivity contribution in [2.75, 3.05) is 5.32 Å². The summed E-state index contributed by atoms with van der Waals surface area (Å²) in [6, 6.07) is 12.9. The number of halogens is 3. The molecule has 7 nitrogen and oxygen atoms in total. The van der Waals surface area contributed by atoms with Gasteiger partial charge in [0.25, 0.3) is 0 Å². The fourth-order valence-corrected chi connectivity index (χ4v) is 4.42. The third-order valence-corrected chi connectivity index (χ3v) is 6.28. The summed E-state index contributed by atoms with van der Waals surface area (Å²) >= 11 is 1.20. The van der Waals surface area contributed by atoms with Crippen LogP contribution < -0.4 is 10.1 Å². The Morgan fingerprint density at radius 2 is 1.85 bits per heavy atom. The predicted octanol–water partition coefficient (Wildman–Crippen LogP) is 5.80. The maximum atomic E-state index is 12.8. The number of aryl methyl sites for hydroxylation is 1. The van der Waals surface area contributed by atoms with Crippen molar-refractivity contribution in [2.24, 2.45) is 0 Å². The van der Waals surface area contributed by atoms with E-state index in [4.69, 9.17) is 4.98 Å². The van der Waals surface area contributed by atoms with Crippen molar-refractivity contribution in [2.45, 2.75) is 50.0 Å². The van der Waals surface area contributed by atoms with Gasteiger partial charge in [-0.05, 0) is 43.2 Å². The van der Waals surface area contributed by atoms with Crippen molar-refractivity contribution in [1.82, 2.24) is 19.7 Å². The van der Waals surface area contributed by atoms with Crippen molar-refractivity contribution in [3.8, 4) is 5.75 Å². The van der Waals surface area contributed by atoms with Crippen molar-refractivity contribution in [1.29, 1.82) is 0 Å². The number of alkyl halides is 3. The number of benzene rings is 2. The summed E-state index contributed by atoms with van der Waals surface area (Å²) in [5, 5.41) is 12.2. The highest BCUT2D eigenvalue weighted by atomic mass is 32.2. The second kappa shape index (κ2) is 9.88. The zero-order chi connectivity index (χ0) is 24.3. The topological polar surface area (TPSA) is 81.9 Å². The lowest BCUT2D eigenvalue weighted by molar-refractivity contribution is -0.274. The molecule has 1 amide bonds. The van der Waals surface area contributed by atoms with Crippen molar-refractivity contribution in [3.05, 3.63) is 48.5 Å². The van der Waals surface area contributed by atoms with E-state index in [1.165, 1.54) is 23.9 Å². The summed E-state index contributed by atoms with van der Waals surface area (Å²) in [6.07, 6.45) is -3.36. The number of carbonyl (C=O) groups excluding carboxylic acids is 1. The lowest BCUT2D eigenvalue weighted by atomic mass is 10.2. The molecule has 11 heteroatoms. The Kier molecular flexibility index (Phi) is 6.92. The molecule has 0 aliphatic rings. The van der Waals surface area contributed by atoms with Gasteiger partial charge in [0.15, 0.2) is 5.65 Å². The van der Waals surface area contributed by atoms with E-state index in [0.29, 0.717) is 22.8 Å². The van der Waals surface area contributed by atoms with Crippen LogP contribution in [0.1, 0.15) is 26.7 Å². The zero-order valence-corrected chi connectivity index (χ0v) is 19.3. The summed E-state index contributed by atoms with van der Waals surface area (Å²) < 4.78 is 42.9. The highest BCUT2D eigenvalue weighted by molar-refractivity contribution is 8.00. The van der Waals surface area contributed by atoms with E-state index in [0.717, 1.165) is 41.6 Å². The Morgan fingerprint density at radius 1 is 1.12 bits per heavy atom. The molecule has 0 saturated carbocycles. The standard InChI is InChI=1S/C23H22F3N5O2S/c1-3-13-31-17-8-6-5-7-16(17)19-20(31)28-22(30-29-19)34-18(4-2)21(32)27-14-9-11-15(12-10-14)33-23(24,25)26/h5-12,18H,3-4,13H2,1-2H3,(H,27,32)/t18-/m0/s1. The highest BCUT2D eigenvalue weighted by Gasteiger charge is 2.31. The molecule has 1 N–H and O–H groups in total. The molecule has 178 valence electrons. The second-order valence-corrected chi connectivity index (χ2v) is 8.68. The second-order valence-electron chi connectivity index (χ2n) is 7.51. The van der Waals surface area contributed by atoms with Gasteiger partial charge in [0.2, 0.25) is 11.1 Å². The maximum Gasteiger partial charge on any atom is 0.573 e. The van der Waals surface area contributed by atoms with E-state index in [9.17, 15) is 18.0 Å². The van der Waals surface area contributed by atoms with Crippen molar-refractivity contribution >= 4 is 45.4 Å². The van der Waals surface area contributed by atoms with E-state index in [1.807, 2.05) is 31.2 Å². The number of hydrogen-bond donors (Lipinski definition) is 1. The molecule has 0 aliphatic heterocycles. The minimum Gasteiger partial charge on any atom is -0.406 e. The Balaban J connectivity index is 1.52. The van der Waals surface area contributed by atoms with E-state index >= 15 is 0 Å². The molecule has 2 aromatic carbocycles. The Bertz CT molecular complexity index is 1310. The van der Waals surface area contributed by atoms with Crippen LogP contribution >= 0.6 is 11.8 Å². The lowest BCUT2D eigenvalue weighted by Crippen LogP contribution is -2.25. The molecule has 0 bridgehead atoms. The molecule has 2 heterocycles. The number of carbonyl (C=O) groups is 1. The molecule has 34 heavy (non-hydrogen) atoms. The van der Waals surface area contributed by atoms with Gasteiger partial charge >= 0.3 is 6.36 Å². The van der Waals surface area contributed by atoms with Gasteiger partial charge in [0, 0.05) is 17.6 Å². The molecule has 1 atom stereocenters. The normalized spacial score (nSPS) is 12.7. The number of ether oxygens (including phenoxy) is 1. The van der Waals surface area contributed by atoms with Gasteiger partial charge in [-0.25, -0.2) is 4.98 Å². The van der Waals surface area contributed by atoms with Crippen LogP contribution in [0, 0.1) is 0 Å². The fraction of sp³-hybridized carbons (Fsp3) is 0.304. The molecule has 0 unspecified atom stereocenters. The monoisotopic (exact) mass is 489 g/mol. The first-order chi connectivity index (χ1) is 16.3. The number of anilines is 1. The predicted molar refractivity (Wildman–Crippen MR) is 125 cm³/mol. The smallest absolute Gasteiger partial charge is 0.406 e. The Morgan fingerprint density at radius 3 is 2.53 bits per heavy atom. The third-order valence-electron chi connectivity index (χ3n) is 5.07. The number of amides is 1. The molecule has 0 fully saturated rings. The number of para-hydroxylation sites is 1. The number of thioether (sulfide) groups is 1. The first kappa shape index (κ1) is 23.8. The van der Waals surface area contributed by atoms with Gasteiger partial charge < -0.3 is 14.6 Å². The van der Waals surface area contributed by atoms with Crippen LogP contribution in [0.4, 0.5) is 18.9 Å². The van der Waals surface area contributed by atoms with Gasteiger partial charge in [-0.2, -0.15) is 0 Å². The molecule has 0 radical (unpaired) electrons. The van der Waals surface area contributed by atoms with Crippen molar-refractivity contribution in [3.63, 3.8) is 0 Å². The van der Waals surface area contributed by atoms with Gasteiger partial charge in [-0.15, -0.1) is 23.4 Å². The highest BCUT2D eigenvalue weighted by Crippen LogP contribution is 2.30. The first-order valence-electron chi connectivity index (χ1n) is 10.7. The largest absolute Gasteiger partial charge is 0.573 e. The Hall–Kier alpha value is -3.34. The maximum absolute atomic E-state index is 12.8. The van der Waals surface area contributed by atoms with E-state index in [1.54, 1.807) is 0 Å². The minimum atomic E-state index is -4.77. The number of aromatic nitrogens is 4. The molecule has 0 saturated heterocycles. The van der Waals surface area contributed by atoms with Crippen LogP contribution in [0.15, 0.2) is 53.7 Å². The zero-order valence-electron chi connectivity index (χ0n) is 18.5. The number of nitrogens with zero attached hydrogens (tertiary/aromatic N) is 4. The third kappa shape index (κ3) is 5.24. The number of rotatable bonds is 8. The summed E-state index contributed by atoms with van der Waals surface area (Å²) in [5.41, 5.74) is 2.82. The average Bonchev–Trinajstić information content (AvgIpc) is 3.11. The summed E-state index contributed by atoms with van der Waals surface area (Å²) in [4.78, 5) is 17.5. The van der Waals surface area contributed by atoms with Crippen LogP contribution in [0.3, 0.4) is 0 Å². The van der Waals surface area contributed by atoms with E-state index in [2.05, 4.69) is 31.7 Å². The van der Waals surface area contributed by atoms with Gasteiger partial charge in [0.05, 0.1) is 10.8 Å². The molecule has 0 aliphatic carbocycles. The molecule has 2 aromatic heterocycles. The van der Waals surface area contributed by atoms with Crippen LogP contribution in [0.25, 0.3) is 22.1 Å². The van der Waals surface area contributed by atoms with Crippen LogP contribution in [-0.4, -0.2) is 37.3 Å².